The van der Waals surface area contributed by atoms with Crippen LogP contribution in [0.2, 0.25) is 5.02 Å². The van der Waals surface area contributed by atoms with E-state index in [-0.39, 0.29) is 29.7 Å². The van der Waals surface area contributed by atoms with E-state index in [1.54, 1.807) is 4.31 Å². The van der Waals surface area contributed by atoms with Crippen LogP contribution < -0.4 is 10.6 Å². The number of sulfonamides is 1. The zero-order valence-electron chi connectivity index (χ0n) is 28.0. The van der Waals surface area contributed by atoms with Gasteiger partial charge in [0.25, 0.3) is 0 Å². The molecule has 3 heterocycles. The minimum absolute atomic E-state index is 0.0718. The highest BCUT2D eigenvalue weighted by molar-refractivity contribution is 7.90. The summed E-state index contributed by atoms with van der Waals surface area (Å²) in [7, 11) is -3.38. The molecule has 3 aliphatic heterocycles. The Kier molecular flexibility index (Phi) is 10.4. The van der Waals surface area contributed by atoms with Gasteiger partial charge in [0, 0.05) is 50.1 Å². The second kappa shape index (κ2) is 14.2. The van der Waals surface area contributed by atoms with Crippen LogP contribution in [0.4, 0.5) is 0 Å². The summed E-state index contributed by atoms with van der Waals surface area (Å²) >= 11 is 6.16. The Labute approximate surface area is 286 Å². The summed E-state index contributed by atoms with van der Waals surface area (Å²) < 4.78 is 28.0. The lowest BCUT2D eigenvalue weighted by atomic mass is 9.63. The molecular weight excluding hydrogens is 632 g/mol. The largest absolute Gasteiger partial charge is 0.344 e. The van der Waals surface area contributed by atoms with E-state index in [1.807, 2.05) is 55.1 Å². The second-order valence-corrected chi connectivity index (χ2v) is 18.0. The van der Waals surface area contributed by atoms with Gasteiger partial charge in [-0.15, -0.1) is 0 Å². The first-order chi connectivity index (χ1) is 22.5. The zero-order chi connectivity index (χ0) is 33.2. The van der Waals surface area contributed by atoms with Gasteiger partial charge in [0.15, 0.2) is 0 Å². The van der Waals surface area contributed by atoms with Crippen LogP contribution in [0.25, 0.3) is 0 Å². The number of halogens is 1. The number of benzene rings is 2. The van der Waals surface area contributed by atoms with E-state index < -0.39 is 20.8 Å². The summed E-state index contributed by atoms with van der Waals surface area (Å²) in [6.07, 6.45) is 9.62. The van der Waals surface area contributed by atoms with Crippen molar-refractivity contribution in [3.8, 4) is 0 Å². The first-order valence-corrected chi connectivity index (χ1v) is 19.4. The average molecular weight is 683 g/mol. The van der Waals surface area contributed by atoms with E-state index in [0.29, 0.717) is 50.0 Å². The maximum atomic E-state index is 14.3. The highest BCUT2D eigenvalue weighted by Gasteiger charge is 2.51. The van der Waals surface area contributed by atoms with Crippen LogP contribution in [0.3, 0.4) is 0 Å². The van der Waals surface area contributed by atoms with Crippen LogP contribution in [-0.2, 0) is 32.5 Å². The molecule has 4 aliphatic rings. The zero-order valence-corrected chi connectivity index (χ0v) is 29.6. The molecule has 0 radical (unpaired) electrons. The summed E-state index contributed by atoms with van der Waals surface area (Å²) in [5, 5.41) is 7.24. The number of piperidine rings is 1. The van der Waals surface area contributed by atoms with Crippen molar-refractivity contribution < 1.29 is 18.0 Å². The molecule has 2 saturated heterocycles. The number of fused-ring (bicyclic) bond motifs is 1. The lowest BCUT2D eigenvalue weighted by Crippen LogP contribution is -2.56. The van der Waals surface area contributed by atoms with Crippen molar-refractivity contribution >= 4 is 33.4 Å². The third-order valence-electron chi connectivity index (χ3n) is 11.6. The predicted octanol–water partition coefficient (Wildman–Crippen LogP) is 5.65. The number of carbonyl (C=O) groups excluding carboxylic acids is 2. The highest BCUT2D eigenvalue weighted by atomic mass is 35.5. The van der Waals surface area contributed by atoms with Gasteiger partial charge in [-0.1, -0.05) is 67.3 Å². The van der Waals surface area contributed by atoms with Crippen LogP contribution in [0.5, 0.6) is 0 Å². The fourth-order valence-electron chi connectivity index (χ4n) is 8.58. The predicted molar refractivity (Wildman–Crippen MR) is 187 cm³/mol. The van der Waals surface area contributed by atoms with E-state index in [0.717, 1.165) is 49.8 Å². The molecule has 2 aromatic carbocycles. The van der Waals surface area contributed by atoms with Gasteiger partial charge in [-0.3, -0.25) is 9.59 Å². The van der Waals surface area contributed by atoms with E-state index in [9.17, 15) is 18.0 Å². The topological polar surface area (TPSA) is 98.8 Å². The Hall–Kier alpha value is -2.46. The molecule has 256 valence electrons. The van der Waals surface area contributed by atoms with Crippen molar-refractivity contribution in [2.45, 2.75) is 101 Å². The Morgan fingerprint density at radius 2 is 1.68 bits per heavy atom. The second-order valence-electron chi connectivity index (χ2n) is 15.0. The number of amides is 2. The molecule has 2 N–H and O–H groups in total. The maximum Gasteiger partial charge on any atom is 0.245 e. The van der Waals surface area contributed by atoms with Crippen LogP contribution >= 0.6 is 11.6 Å². The molecule has 8 nitrogen and oxygen atoms in total. The minimum Gasteiger partial charge on any atom is -0.344 e. The van der Waals surface area contributed by atoms with Gasteiger partial charge >= 0.3 is 0 Å². The quantitative estimate of drug-likeness (QED) is 0.357. The lowest BCUT2D eigenvalue weighted by Gasteiger charge is -2.50. The molecule has 10 heteroatoms. The number of hydrogen-bond donors (Lipinski definition) is 2. The first kappa shape index (κ1) is 34.4. The standard InChI is InChI=1S/C37H51ClN4O4S/c1-36(2)17-23-42(47(36,45)46)26-37(29-9-4-3-5-10-29)18-21-41(22-19-37)35(44)33(24-27-12-14-30(38)15-13-27)40-34(43)25-32-31-11-7-6-8-28(31)16-20-39-32/h6-8,11-15,29,32-33,39H,3-5,9-10,16-26H2,1-2H3,(H,40,43). The van der Waals surface area contributed by atoms with E-state index in [4.69, 9.17) is 11.6 Å². The summed E-state index contributed by atoms with van der Waals surface area (Å²) in [4.78, 5) is 29.8. The molecule has 0 aromatic heterocycles. The Morgan fingerprint density at radius 1 is 0.979 bits per heavy atom. The highest BCUT2D eigenvalue weighted by Crippen LogP contribution is 2.48. The third kappa shape index (κ3) is 7.43. The molecule has 3 fully saturated rings. The molecule has 6 rings (SSSR count). The molecule has 2 aromatic rings. The minimum atomic E-state index is -3.38. The molecule has 0 spiro atoms. The molecule has 0 bridgehead atoms. The Bertz CT molecular complexity index is 1530. The van der Waals surface area contributed by atoms with Gasteiger partial charge in [-0.05, 0) is 99.1 Å². The van der Waals surface area contributed by atoms with Crippen molar-refractivity contribution in [2.24, 2.45) is 11.3 Å². The molecule has 2 amide bonds. The summed E-state index contributed by atoms with van der Waals surface area (Å²) in [6, 6.07) is 14.9. The first-order valence-electron chi connectivity index (χ1n) is 17.6. The number of nitrogens with zero attached hydrogens (tertiary/aromatic N) is 2. The van der Waals surface area contributed by atoms with Gasteiger partial charge in [0.1, 0.15) is 6.04 Å². The van der Waals surface area contributed by atoms with Gasteiger partial charge in [0.2, 0.25) is 21.8 Å². The van der Waals surface area contributed by atoms with Crippen LogP contribution in [0, 0.1) is 11.3 Å². The SMILES string of the molecule is CC1(C)CCN(CC2(C3CCCCC3)CCN(C(=O)C(Cc3ccc(Cl)cc3)NC(=O)CC3NCCc4ccccc43)CC2)S1(=O)=O. The fraction of sp³-hybridized carbons (Fsp3) is 0.622. The van der Waals surface area contributed by atoms with Gasteiger partial charge in [-0.25, -0.2) is 12.7 Å². The van der Waals surface area contributed by atoms with Crippen LogP contribution in [0.15, 0.2) is 48.5 Å². The summed E-state index contributed by atoms with van der Waals surface area (Å²) in [5.74, 6) is 0.238. The fourth-order valence-corrected chi connectivity index (χ4v) is 10.5. The van der Waals surface area contributed by atoms with Gasteiger partial charge in [0.05, 0.1) is 4.75 Å². The number of hydrogen-bond acceptors (Lipinski definition) is 5. The summed E-state index contributed by atoms with van der Waals surface area (Å²) in [5.41, 5.74) is 3.20. The van der Waals surface area contributed by atoms with Crippen molar-refractivity contribution in [2.75, 3.05) is 32.7 Å². The number of likely N-dealkylation sites (tertiary alicyclic amines) is 1. The monoisotopic (exact) mass is 682 g/mol. The number of rotatable bonds is 9. The van der Waals surface area contributed by atoms with E-state index in [1.165, 1.54) is 24.8 Å². The number of nitrogens with one attached hydrogen (secondary N) is 2. The Morgan fingerprint density at radius 3 is 2.36 bits per heavy atom. The maximum absolute atomic E-state index is 14.3. The average Bonchev–Trinajstić information content (AvgIpc) is 3.27. The van der Waals surface area contributed by atoms with Crippen molar-refractivity contribution in [1.29, 1.82) is 0 Å². The smallest absolute Gasteiger partial charge is 0.245 e. The van der Waals surface area contributed by atoms with Gasteiger partial charge < -0.3 is 15.5 Å². The molecule has 47 heavy (non-hydrogen) atoms. The molecule has 1 saturated carbocycles. The lowest BCUT2D eigenvalue weighted by molar-refractivity contribution is -0.139. The van der Waals surface area contributed by atoms with Crippen molar-refractivity contribution in [3.05, 3.63) is 70.2 Å². The van der Waals surface area contributed by atoms with E-state index in [2.05, 4.69) is 22.8 Å². The molecule has 2 atom stereocenters. The Balaban J connectivity index is 1.18. The summed E-state index contributed by atoms with van der Waals surface area (Å²) in [6.45, 7) is 6.75. The van der Waals surface area contributed by atoms with Gasteiger partial charge in [-0.2, -0.15) is 0 Å². The molecule has 2 unspecified atom stereocenters. The van der Waals surface area contributed by atoms with E-state index >= 15 is 0 Å². The van der Waals surface area contributed by atoms with Crippen LogP contribution in [0.1, 0.15) is 94.4 Å². The molecular formula is C37H51ClN4O4S. The third-order valence-corrected chi connectivity index (χ3v) is 14.5. The van der Waals surface area contributed by atoms with Crippen LogP contribution in [-0.4, -0.2) is 72.9 Å². The normalized spacial score (nSPS) is 24.7. The van der Waals surface area contributed by atoms with Crippen molar-refractivity contribution in [3.63, 3.8) is 0 Å². The molecule has 1 aliphatic carbocycles. The van der Waals surface area contributed by atoms with Crippen molar-refractivity contribution in [1.82, 2.24) is 19.8 Å². The number of carbonyl (C=O) groups is 2.